The molecule has 1 radical (unpaired) electrons. The molecule has 0 spiro atoms. The average molecular weight is 282 g/mol. The van der Waals surface area contributed by atoms with Crippen LogP contribution in [-0.2, 0) is 0 Å². The Balaban J connectivity index is 3.46. The van der Waals surface area contributed by atoms with Crippen LogP contribution in [-0.4, -0.2) is 21.3 Å². The maximum atomic E-state index is 11.0. The highest BCUT2D eigenvalue weighted by Crippen LogP contribution is 2.58. The van der Waals surface area contributed by atoms with Crippen molar-refractivity contribution in [3.8, 4) is 0 Å². The molecule has 1 fully saturated rings. The summed E-state index contributed by atoms with van der Waals surface area (Å²) >= 11 is 0. The normalized spacial score (nSPS) is 32.4. The van der Waals surface area contributed by atoms with Gasteiger partial charge < -0.3 is 5.21 Å². The van der Waals surface area contributed by atoms with Gasteiger partial charge >= 0.3 is 0 Å². The van der Waals surface area contributed by atoms with E-state index < -0.39 is 0 Å². The lowest BCUT2D eigenvalue weighted by Crippen LogP contribution is -2.70. The van der Waals surface area contributed by atoms with E-state index in [0.29, 0.717) is 11.8 Å². The molecule has 2 heteroatoms. The lowest BCUT2D eigenvalue weighted by molar-refractivity contribution is -0.287. The predicted molar refractivity (Wildman–Crippen MR) is 86.6 cm³/mol. The Kier molecular flexibility index (Phi) is 4.23. The molecular formula is C18H36NO. The first-order chi connectivity index (χ1) is 8.55. The van der Waals surface area contributed by atoms with Crippen LogP contribution in [0.15, 0.2) is 0 Å². The molecule has 1 N–H and O–H groups in total. The van der Waals surface area contributed by atoms with E-state index in [1.54, 1.807) is 5.06 Å². The van der Waals surface area contributed by atoms with Gasteiger partial charge in [-0.15, -0.1) is 0 Å². The third-order valence-corrected chi connectivity index (χ3v) is 5.15. The largest absolute Gasteiger partial charge is 0.313 e. The molecule has 1 heterocycles. The lowest BCUT2D eigenvalue weighted by Gasteiger charge is -2.65. The van der Waals surface area contributed by atoms with Crippen molar-refractivity contribution in [1.82, 2.24) is 5.06 Å². The van der Waals surface area contributed by atoms with E-state index in [4.69, 9.17) is 0 Å². The van der Waals surface area contributed by atoms with Crippen molar-refractivity contribution >= 4 is 0 Å². The van der Waals surface area contributed by atoms with E-state index in [-0.39, 0.29) is 21.9 Å². The molecule has 0 aromatic carbocycles. The van der Waals surface area contributed by atoms with Crippen LogP contribution < -0.4 is 0 Å². The van der Waals surface area contributed by atoms with Gasteiger partial charge in [0.1, 0.15) is 0 Å². The van der Waals surface area contributed by atoms with Gasteiger partial charge in [-0.05, 0) is 56.3 Å². The summed E-state index contributed by atoms with van der Waals surface area (Å²) in [5.41, 5.74) is -0.246. The number of rotatable bonds is 0. The summed E-state index contributed by atoms with van der Waals surface area (Å²) in [6, 6.07) is 0. The van der Waals surface area contributed by atoms with E-state index >= 15 is 0 Å². The first kappa shape index (κ1) is 18.0. The molecule has 1 aliphatic heterocycles. The van der Waals surface area contributed by atoms with Crippen LogP contribution in [0.3, 0.4) is 0 Å². The highest BCUT2D eigenvalue weighted by atomic mass is 16.5. The Morgan fingerprint density at radius 3 is 1.25 bits per heavy atom. The van der Waals surface area contributed by atoms with Gasteiger partial charge in [0.05, 0.1) is 0 Å². The molecule has 0 bridgehead atoms. The number of piperidine rings is 1. The minimum Gasteiger partial charge on any atom is -0.313 e. The van der Waals surface area contributed by atoms with Gasteiger partial charge in [0.15, 0.2) is 0 Å². The van der Waals surface area contributed by atoms with Crippen molar-refractivity contribution in [3.05, 3.63) is 5.92 Å². The quantitative estimate of drug-likeness (QED) is 0.662. The molecule has 2 atom stereocenters. The predicted octanol–water partition coefficient (Wildman–Crippen LogP) is 5.17. The zero-order valence-corrected chi connectivity index (χ0v) is 15.5. The van der Waals surface area contributed by atoms with Gasteiger partial charge in [-0.2, -0.15) is 5.06 Å². The van der Waals surface area contributed by atoms with Gasteiger partial charge in [0.2, 0.25) is 0 Å². The van der Waals surface area contributed by atoms with Crippen molar-refractivity contribution in [1.29, 1.82) is 0 Å². The summed E-state index contributed by atoms with van der Waals surface area (Å²) in [7, 11) is 0. The van der Waals surface area contributed by atoms with Crippen molar-refractivity contribution in [2.24, 2.45) is 22.7 Å². The van der Waals surface area contributed by atoms with E-state index in [1.807, 2.05) is 0 Å². The Hall–Kier alpha value is -0.0800. The van der Waals surface area contributed by atoms with Crippen LogP contribution in [0.25, 0.3) is 0 Å². The Morgan fingerprint density at radius 2 is 1.05 bits per heavy atom. The highest BCUT2D eigenvalue weighted by molar-refractivity contribution is 5.22. The Labute approximate surface area is 126 Å². The molecule has 0 aromatic rings. The van der Waals surface area contributed by atoms with Gasteiger partial charge in [-0.25, -0.2) is 0 Å². The van der Waals surface area contributed by atoms with E-state index in [2.05, 4.69) is 76.2 Å². The average Bonchev–Trinajstić information content (AvgIpc) is 2.08. The maximum Gasteiger partial charge on any atom is 0.0449 e. The van der Waals surface area contributed by atoms with Crippen LogP contribution in [0.4, 0.5) is 0 Å². The van der Waals surface area contributed by atoms with Crippen molar-refractivity contribution in [2.75, 3.05) is 0 Å². The maximum absolute atomic E-state index is 11.0. The molecule has 0 aromatic heterocycles. The molecule has 1 rings (SSSR count). The second-order valence-corrected chi connectivity index (χ2v) is 9.96. The Morgan fingerprint density at radius 1 is 0.800 bits per heavy atom. The third-order valence-electron chi connectivity index (χ3n) is 5.15. The van der Waals surface area contributed by atoms with Gasteiger partial charge in [-0.3, -0.25) is 0 Å². The molecule has 119 valence electrons. The molecular weight excluding hydrogens is 246 g/mol. The summed E-state index contributed by atoms with van der Waals surface area (Å²) in [5, 5.41) is 12.6. The van der Waals surface area contributed by atoms with Crippen LogP contribution in [0.1, 0.15) is 76.2 Å². The van der Waals surface area contributed by atoms with Gasteiger partial charge in [0.25, 0.3) is 0 Å². The van der Waals surface area contributed by atoms with Crippen molar-refractivity contribution in [3.63, 3.8) is 0 Å². The third kappa shape index (κ3) is 2.66. The van der Waals surface area contributed by atoms with Crippen LogP contribution in [0.5, 0.6) is 0 Å². The van der Waals surface area contributed by atoms with Crippen molar-refractivity contribution in [2.45, 2.75) is 87.2 Å². The second-order valence-electron chi connectivity index (χ2n) is 9.96. The van der Waals surface area contributed by atoms with E-state index in [1.165, 1.54) is 5.92 Å². The topological polar surface area (TPSA) is 23.5 Å². The Bertz CT molecular complexity index is 323. The molecule has 1 saturated heterocycles. The SMILES string of the molecule is C[C]1C(C(C)(C)C)C(C)(C)N(O)C(C)(C)C1C(C)(C)C. The molecule has 0 amide bonds. The smallest absolute Gasteiger partial charge is 0.0449 e. The van der Waals surface area contributed by atoms with E-state index in [0.717, 1.165) is 0 Å². The van der Waals surface area contributed by atoms with Crippen LogP contribution >= 0.6 is 0 Å². The highest BCUT2D eigenvalue weighted by Gasteiger charge is 2.60. The number of hydroxylamine groups is 2. The molecule has 2 unspecified atom stereocenters. The fourth-order valence-electron chi connectivity index (χ4n) is 5.75. The fourth-order valence-corrected chi connectivity index (χ4v) is 5.75. The zero-order chi connectivity index (χ0) is 16.3. The molecule has 20 heavy (non-hydrogen) atoms. The number of hydrogen-bond acceptors (Lipinski definition) is 2. The second kappa shape index (κ2) is 4.71. The van der Waals surface area contributed by atoms with Gasteiger partial charge in [0, 0.05) is 11.1 Å². The number of nitrogens with zero attached hydrogens (tertiary/aromatic N) is 1. The summed E-state index contributed by atoms with van der Waals surface area (Å²) < 4.78 is 0. The van der Waals surface area contributed by atoms with Crippen LogP contribution in [0, 0.1) is 28.6 Å². The lowest BCUT2D eigenvalue weighted by atomic mass is 9.50. The molecule has 0 saturated carbocycles. The minimum absolute atomic E-state index is 0.133. The molecule has 2 nitrogen and oxygen atoms in total. The first-order valence-corrected chi connectivity index (χ1v) is 7.88. The minimum atomic E-state index is -0.256. The standard InChI is InChI=1S/C18H36NO/c1-12-13(15(2,3)4)17(8,9)19(20)18(10,11)14(12)16(5,6)7/h13-14,20H,1-11H3. The van der Waals surface area contributed by atoms with Crippen molar-refractivity contribution < 1.29 is 5.21 Å². The van der Waals surface area contributed by atoms with Crippen LogP contribution in [0.2, 0.25) is 0 Å². The summed E-state index contributed by atoms with van der Waals surface area (Å²) in [5.74, 6) is 2.25. The number of hydrogen-bond donors (Lipinski definition) is 1. The zero-order valence-electron chi connectivity index (χ0n) is 15.5. The summed E-state index contributed by atoms with van der Waals surface area (Å²) in [6.45, 7) is 24.7. The van der Waals surface area contributed by atoms with Gasteiger partial charge in [-0.1, -0.05) is 48.5 Å². The molecule has 0 aliphatic carbocycles. The fraction of sp³-hybridized carbons (Fsp3) is 0.944. The monoisotopic (exact) mass is 282 g/mol. The summed E-state index contributed by atoms with van der Waals surface area (Å²) in [4.78, 5) is 0. The first-order valence-electron chi connectivity index (χ1n) is 7.88. The van der Waals surface area contributed by atoms with E-state index in [9.17, 15) is 5.21 Å². The summed E-state index contributed by atoms with van der Waals surface area (Å²) in [6.07, 6.45) is 0. The molecule has 1 aliphatic rings.